The highest BCUT2D eigenvalue weighted by atomic mass is 16.5. The molecule has 0 aromatic rings. The number of nitrogens with zero attached hydrogens (tertiary/aromatic N) is 2. The van der Waals surface area contributed by atoms with Gasteiger partial charge in [0.1, 0.15) is 0 Å². The minimum absolute atomic E-state index is 0.00537. The molecule has 2 amide bonds. The van der Waals surface area contributed by atoms with E-state index < -0.39 is 11.9 Å². The van der Waals surface area contributed by atoms with Crippen molar-refractivity contribution in [3.63, 3.8) is 0 Å². The molecule has 1 saturated carbocycles. The number of likely N-dealkylation sites (tertiary alicyclic amines) is 1. The van der Waals surface area contributed by atoms with Crippen LogP contribution in [0.3, 0.4) is 0 Å². The van der Waals surface area contributed by atoms with Gasteiger partial charge in [0, 0.05) is 19.6 Å². The fourth-order valence-electron chi connectivity index (χ4n) is 3.96. The summed E-state index contributed by atoms with van der Waals surface area (Å²) in [4.78, 5) is 27.6. The lowest BCUT2D eigenvalue weighted by molar-refractivity contribution is -0.142. The van der Waals surface area contributed by atoms with Gasteiger partial charge in [-0.15, -0.1) is 0 Å². The van der Waals surface area contributed by atoms with Crippen LogP contribution in [0.1, 0.15) is 32.6 Å². The van der Waals surface area contributed by atoms with Gasteiger partial charge in [0.15, 0.2) is 0 Å². The lowest BCUT2D eigenvalue weighted by Gasteiger charge is -2.44. The SMILES string of the molecule is CC1CN(C(=O)N2CCOC3CCCCC32)CC1C(=O)O. The molecular weight excluding hydrogens is 272 g/mol. The Labute approximate surface area is 125 Å². The average Bonchev–Trinajstić information content (AvgIpc) is 2.88. The van der Waals surface area contributed by atoms with E-state index in [1.165, 1.54) is 6.42 Å². The maximum Gasteiger partial charge on any atom is 0.320 e. The smallest absolute Gasteiger partial charge is 0.320 e. The van der Waals surface area contributed by atoms with E-state index in [1.54, 1.807) is 4.90 Å². The van der Waals surface area contributed by atoms with E-state index in [0.717, 1.165) is 19.3 Å². The normalized spacial score (nSPS) is 36.4. The molecule has 0 bridgehead atoms. The zero-order chi connectivity index (χ0) is 15.0. The summed E-state index contributed by atoms with van der Waals surface area (Å²) in [6, 6.07) is 0.185. The van der Waals surface area contributed by atoms with Gasteiger partial charge in [-0.25, -0.2) is 4.79 Å². The second-order valence-corrected chi connectivity index (χ2v) is 6.56. The monoisotopic (exact) mass is 296 g/mol. The van der Waals surface area contributed by atoms with Crippen molar-refractivity contribution in [1.82, 2.24) is 9.80 Å². The minimum atomic E-state index is -0.796. The van der Waals surface area contributed by atoms with Crippen LogP contribution in [0.4, 0.5) is 4.79 Å². The van der Waals surface area contributed by atoms with Crippen molar-refractivity contribution in [2.24, 2.45) is 11.8 Å². The van der Waals surface area contributed by atoms with Crippen LogP contribution in [0.25, 0.3) is 0 Å². The molecule has 2 saturated heterocycles. The maximum absolute atomic E-state index is 12.8. The standard InChI is InChI=1S/C15H24N2O4/c1-10-8-16(9-11(10)14(18)19)15(20)17-6-7-21-13-5-3-2-4-12(13)17/h10-13H,2-9H2,1H3,(H,18,19). The van der Waals surface area contributed by atoms with Crippen molar-refractivity contribution in [2.45, 2.75) is 44.8 Å². The summed E-state index contributed by atoms with van der Waals surface area (Å²) >= 11 is 0. The number of urea groups is 1. The fraction of sp³-hybridized carbons (Fsp3) is 0.867. The van der Waals surface area contributed by atoms with E-state index in [0.29, 0.717) is 26.2 Å². The first kappa shape index (κ1) is 14.6. The van der Waals surface area contributed by atoms with Crippen molar-refractivity contribution in [3.8, 4) is 0 Å². The number of fused-ring (bicyclic) bond motifs is 1. The molecule has 4 atom stereocenters. The minimum Gasteiger partial charge on any atom is -0.481 e. The third-order valence-electron chi connectivity index (χ3n) is 5.18. The molecule has 21 heavy (non-hydrogen) atoms. The molecule has 0 radical (unpaired) electrons. The lowest BCUT2D eigenvalue weighted by atomic mass is 9.90. The van der Waals surface area contributed by atoms with Gasteiger partial charge in [0.05, 0.1) is 24.7 Å². The van der Waals surface area contributed by atoms with Crippen LogP contribution >= 0.6 is 0 Å². The molecule has 6 nitrogen and oxygen atoms in total. The Bertz CT molecular complexity index is 426. The molecule has 2 heterocycles. The molecule has 2 aliphatic heterocycles. The van der Waals surface area contributed by atoms with Crippen molar-refractivity contribution < 1.29 is 19.4 Å². The number of morpholine rings is 1. The van der Waals surface area contributed by atoms with Gasteiger partial charge >= 0.3 is 12.0 Å². The van der Waals surface area contributed by atoms with Crippen LogP contribution in [0.2, 0.25) is 0 Å². The zero-order valence-electron chi connectivity index (χ0n) is 12.5. The number of carbonyl (C=O) groups excluding carboxylic acids is 1. The third-order valence-corrected chi connectivity index (χ3v) is 5.18. The highest BCUT2D eigenvalue weighted by Gasteiger charge is 2.42. The summed E-state index contributed by atoms with van der Waals surface area (Å²) < 4.78 is 5.80. The quantitative estimate of drug-likeness (QED) is 0.794. The van der Waals surface area contributed by atoms with Crippen LogP contribution in [0.5, 0.6) is 0 Å². The van der Waals surface area contributed by atoms with Crippen molar-refractivity contribution in [3.05, 3.63) is 0 Å². The Kier molecular flexibility index (Phi) is 4.06. The Morgan fingerprint density at radius 3 is 2.67 bits per heavy atom. The second-order valence-electron chi connectivity index (χ2n) is 6.56. The number of aliphatic carboxylic acids is 1. The van der Waals surface area contributed by atoms with Gasteiger partial charge < -0.3 is 19.6 Å². The Morgan fingerprint density at radius 1 is 1.19 bits per heavy atom. The Morgan fingerprint density at radius 2 is 1.95 bits per heavy atom. The number of carboxylic acids is 1. The van der Waals surface area contributed by atoms with Gasteiger partial charge in [-0.3, -0.25) is 4.79 Å². The van der Waals surface area contributed by atoms with E-state index in [1.807, 2.05) is 11.8 Å². The molecule has 1 N–H and O–H groups in total. The number of carbonyl (C=O) groups is 2. The highest BCUT2D eigenvalue weighted by molar-refractivity contribution is 5.78. The number of ether oxygens (including phenoxy) is 1. The Balaban J connectivity index is 1.68. The van der Waals surface area contributed by atoms with Crippen LogP contribution in [-0.2, 0) is 9.53 Å². The van der Waals surface area contributed by atoms with Crippen LogP contribution in [0, 0.1) is 11.8 Å². The van der Waals surface area contributed by atoms with E-state index in [2.05, 4.69) is 0 Å². The molecule has 3 aliphatic rings. The molecule has 6 heteroatoms. The topological polar surface area (TPSA) is 70.1 Å². The van der Waals surface area contributed by atoms with Crippen molar-refractivity contribution in [2.75, 3.05) is 26.2 Å². The summed E-state index contributed by atoms with van der Waals surface area (Å²) in [6.07, 6.45) is 4.52. The van der Waals surface area contributed by atoms with Gasteiger partial charge in [-0.2, -0.15) is 0 Å². The van der Waals surface area contributed by atoms with Crippen molar-refractivity contribution in [1.29, 1.82) is 0 Å². The number of hydrogen-bond donors (Lipinski definition) is 1. The van der Waals surface area contributed by atoms with Gasteiger partial charge in [-0.1, -0.05) is 19.8 Å². The second kappa shape index (κ2) is 5.83. The first-order valence-electron chi connectivity index (χ1n) is 7.98. The fourth-order valence-corrected chi connectivity index (χ4v) is 3.96. The molecule has 0 aromatic carbocycles. The first-order valence-corrected chi connectivity index (χ1v) is 7.98. The van der Waals surface area contributed by atoms with Crippen LogP contribution in [-0.4, -0.2) is 65.3 Å². The zero-order valence-corrected chi connectivity index (χ0v) is 12.5. The van der Waals surface area contributed by atoms with E-state index in [9.17, 15) is 14.7 Å². The average molecular weight is 296 g/mol. The summed E-state index contributed by atoms with van der Waals surface area (Å²) in [5.41, 5.74) is 0. The highest BCUT2D eigenvalue weighted by Crippen LogP contribution is 2.31. The molecule has 4 unspecified atom stereocenters. The first-order chi connectivity index (χ1) is 10.1. The predicted molar refractivity (Wildman–Crippen MR) is 76.0 cm³/mol. The maximum atomic E-state index is 12.8. The number of rotatable bonds is 1. The largest absolute Gasteiger partial charge is 0.481 e. The number of carboxylic acid groups (broad SMARTS) is 1. The molecule has 0 aromatic heterocycles. The van der Waals surface area contributed by atoms with E-state index in [-0.39, 0.29) is 24.1 Å². The molecule has 1 aliphatic carbocycles. The van der Waals surface area contributed by atoms with Crippen molar-refractivity contribution >= 4 is 12.0 Å². The molecular formula is C15H24N2O4. The van der Waals surface area contributed by atoms with Gasteiger partial charge in [-0.05, 0) is 18.8 Å². The Hall–Kier alpha value is -1.30. The molecule has 118 valence electrons. The number of hydrogen-bond acceptors (Lipinski definition) is 3. The van der Waals surface area contributed by atoms with Gasteiger partial charge in [0.2, 0.25) is 0 Å². The summed E-state index contributed by atoms with van der Waals surface area (Å²) in [7, 11) is 0. The molecule has 0 spiro atoms. The summed E-state index contributed by atoms with van der Waals surface area (Å²) in [6.45, 7) is 4.02. The van der Waals surface area contributed by atoms with E-state index >= 15 is 0 Å². The van der Waals surface area contributed by atoms with Gasteiger partial charge in [0.25, 0.3) is 0 Å². The molecule has 3 rings (SSSR count). The third kappa shape index (κ3) is 2.73. The number of amides is 2. The summed E-state index contributed by atoms with van der Waals surface area (Å²) in [5.74, 6) is -1.21. The summed E-state index contributed by atoms with van der Waals surface area (Å²) in [5, 5.41) is 9.21. The van der Waals surface area contributed by atoms with Crippen LogP contribution < -0.4 is 0 Å². The molecule has 3 fully saturated rings. The lowest BCUT2D eigenvalue weighted by Crippen LogP contribution is -2.57. The predicted octanol–water partition coefficient (Wildman–Crippen LogP) is 1.40. The van der Waals surface area contributed by atoms with Crippen LogP contribution in [0.15, 0.2) is 0 Å². The van der Waals surface area contributed by atoms with E-state index in [4.69, 9.17) is 4.74 Å².